The van der Waals surface area contributed by atoms with E-state index in [2.05, 4.69) is 10.5 Å². The van der Waals surface area contributed by atoms with E-state index in [1.165, 1.54) is 11.3 Å². The third-order valence-electron chi connectivity index (χ3n) is 2.37. The van der Waals surface area contributed by atoms with Crippen molar-refractivity contribution < 1.29 is 4.79 Å². The van der Waals surface area contributed by atoms with Crippen LogP contribution in [0, 0.1) is 0 Å². The Morgan fingerprint density at radius 3 is 2.68 bits per heavy atom. The summed E-state index contributed by atoms with van der Waals surface area (Å²) in [5.41, 5.74) is 4.58. The fourth-order valence-electron chi connectivity index (χ4n) is 1.50. The van der Waals surface area contributed by atoms with Gasteiger partial charge in [-0.05, 0) is 29.5 Å². The standard InChI is InChI=1S/C15H14N2OS/c1-12(10-13-6-3-2-4-7-13)11-16-17-15(18)14-8-5-9-19-14/h2-11H,1H3,(H,17,18)/b12-10+,16-11+. The van der Waals surface area contributed by atoms with Gasteiger partial charge in [-0.25, -0.2) is 5.43 Å². The van der Waals surface area contributed by atoms with Crippen LogP contribution in [0.1, 0.15) is 22.2 Å². The van der Waals surface area contributed by atoms with Crippen LogP contribution in [0.2, 0.25) is 0 Å². The zero-order valence-corrected chi connectivity index (χ0v) is 11.4. The number of nitrogens with zero attached hydrogens (tertiary/aromatic N) is 1. The Labute approximate surface area is 116 Å². The summed E-state index contributed by atoms with van der Waals surface area (Å²) in [6, 6.07) is 13.6. The van der Waals surface area contributed by atoms with Crippen molar-refractivity contribution in [2.75, 3.05) is 0 Å². The fourth-order valence-corrected chi connectivity index (χ4v) is 2.12. The summed E-state index contributed by atoms with van der Waals surface area (Å²) >= 11 is 1.39. The maximum Gasteiger partial charge on any atom is 0.281 e. The number of carbonyl (C=O) groups is 1. The monoisotopic (exact) mass is 270 g/mol. The zero-order valence-electron chi connectivity index (χ0n) is 10.5. The lowest BCUT2D eigenvalue weighted by Crippen LogP contribution is -2.16. The predicted octanol–water partition coefficient (Wildman–Crippen LogP) is 3.57. The molecule has 0 aliphatic rings. The number of allylic oxidation sites excluding steroid dienone is 1. The molecule has 0 aliphatic heterocycles. The summed E-state index contributed by atoms with van der Waals surface area (Å²) in [7, 11) is 0. The first kappa shape index (κ1) is 13.2. The van der Waals surface area contributed by atoms with Crippen molar-refractivity contribution in [1.29, 1.82) is 0 Å². The average molecular weight is 270 g/mol. The lowest BCUT2D eigenvalue weighted by Gasteiger charge is -1.96. The summed E-state index contributed by atoms with van der Waals surface area (Å²) in [6.45, 7) is 1.94. The normalized spacial score (nSPS) is 11.7. The molecule has 0 unspecified atom stereocenters. The van der Waals surface area contributed by atoms with Gasteiger partial charge in [-0.15, -0.1) is 11.3 Å². The summed E-state index contributed by atoms with van der Waals surface area (Å²) in [5.74, 6) is -0.182. The minimum atomic E-state index is -0.182. The van der Waals surface area contributed by atoms with Crippen molar-refractivity contribution in [3.8, 4) is 0 Å². The summed E-state index contributed by atoms with van der Waals surface area (Å²) < 4.78 is 0. The van der Waals surface area contributed by atoms with Crippen LogP contribution in [0.25, 0.3) is 6.08 Å². The van der Waals surface area contributed by atoms with Gasteiger partial charge in [0.1, 0.15) is 0 Å². The quantitative estimate of drug-likeness (QED) is 0.669. The molecule has 0 spiro atoms. The maximum absolute atomic E-state index is 11.6. The molecule has 2 aromatic rings. The number of hydrogen-bond donors (Lipinski definition) is 1. The van der Waals surface area contributed by atoms with Crippen molar-refractivity contribution in [3.63, 3.8) is 0 Å². The van der Waals surface area contributed by atoms with Gasteiger partial charge in [-0.2, -0.15) is 5.10 Å². The zero-order chi connectivity index (χ0) is 13.5. The van der Waals surface area contributed by atoms with Gasteiger partial charge >= 0.3 is 0 Å². The summed E-state index contributed by atoms with van der Waals surface area (Å²) in [5, 5.41) is 5.80. The van der Waals surface area contributed by atoms with Crippen LogP contribution < -0.4 is 5.43 Å². The Morgan fingerprint density at radius 2 is 2.00 bits per heavy atom. The molecule has 4 heteroatoms. The highest BCUT2D eigenvalue weighted by atomic mass is 32.1. The molecule has 1 amide bonds. The van der Waals surface area contributed by atoms with E-state index in [9.17, 15) is 4.79 Å². The third kappa shape index (κ3) is 4.19. The van der Waals surface area contributed by atoms with E-state index in [1.807, 2.05) is 54.8 Å². The molecule has 1 heterocycles. The highest BCUT2D eigenvalue weighted by Gasteiger charge is 2.03. The van der Waals surface area contributed by atoms with Crippen LogP contribution >= 0.6 is 11.3 Å². The second-order valence-corrected chi connectivity index (χ2v) is 4.92. The minimum Gasteiger partial charge on any atom is -0.266 e. The first-order valence-corrected chi connectivity index (χ1v) is 6.74. The number of amides is 1. The van der Waals surface area contributed by atoms with E-state index in [4.69, 9.17) is 0 Å². The molecule has 0 radical (unpaired) electrons. The Hall–Kier alpha value is -2.20. The van der Waals surface area contributed by atoms with Gasteiger partial charge < -0.3 is 0 Å². The van der Waals surface area contributed by atoms with E-state index in [0.29, 0.717) is 4.88 Å². The Morgan fingerprint density at radius 1 is 1.21 bits per heavy atom. The maximum atomic E-state index is 11.6. The van der Waals surface area contributed by atoms with Crippen LogP contribution in [0.3, 0.4) is 0 Å². The van der Waals surface area contributed by atoms with Gasteiger partial charge in [0.15, 0.2) is 0 Å². The highest BCUT2D eigenvalue weighted by molar-refractivity contribution is 7.12. The largest absolute Gasteiger partial charge is 0.281 e. The molecule has 3 nitrogen and oxygen atoms in total. The van der Waals surface area contributed by atoms with E-state index in [0.717, 1.165) is 11.1 Å². The average Bonchev–Trinajstić information content (AvgIpc) is 2.93. The number of nitrogens with one attached hydrogen (secondary N) is 1. The lowest BCUT2D eigenvalue weighted by atomic mass is 10.1. The van der Waals surface area contributed by atoms with Gasteiger partial charge in [0.2, 0.25) is 0 Å². The third-order valence-corrected chi connectivity index (χ3v) is 3.24. The van der Waals surface area contributed by atoms with E-state index in [1.54, 1.807) is 12.3 Å². The van der Waals surface area contributed by atoms with Crippen LogP contribution in [-0.2, 0) is 0 Å². The molecular weight excluding hydrogens is 256 g/mol. The number of carbonyl (C=O) groups excluding carboxylic acids is 1. The molecule has 1 aromatic carbocycles. The molecule has 2 rings (SSSR count). The number of thiophene rings is 1. The second kappa shape index (κ2) is 6.66. The fraction of sp³-hybridized carbons (Fsp3) is 0.0667. The number of hydrogen-bond acceptors (Lipinski definition) is 3. The van der Waals surface area contributed by atoms with E-state index < -0.39 is 0 Å². The van der Waals surface area contributed by atoms with E-state index in [-0.39, 0.29) is 5.91 Å². The molecular formula is C15H14N2OS. The molecule has 0 aliphatic carbocycles. The molecule has 0 bridgehead atoms. The molecule has 1 N–H and O–H groups in total. The summed E-state index contributed by atoms with van der Waals surface area (Å²) in [6.07, 6.45) is 3.64. The van der Waals surface area contributed by atoms with Crippen molar-refractivity contribution >= 4 is 29.5 Å². The van der Waals surface area contributed by atoms with Crippen LogP contribution in [0.4, 0.5) is 0 Å². The second-order valence-electron chi connectivity index (χ2n) is 3.98. The molecule has 96 valence electrons. The lowest BCUT2D eigenvalue weighted by molar-refractivity contribution is 0.0959. The van der Waals surface area contributed by atoms with Gasteiger partial charge in [-0.1, -0.05) is 42.5 Å². The Kier molecular flexibility index (Phi) is 4.64. The van der Waals surface area contributed by atoms with E-state index >= 15 is 0 Å². The SMILES string of the molecule is CC(/C=N/NC(=O)c1cccs1)=C\c1ccccc1. The number of rotatable bonds is 4. The molecule has 0 saturated carbocycles. The smallest absolute Gasteiger partial charge is 0.266 e. The minimum absolute atomic E-state index is 0.182. The molecule has 1 aromatic heterocycles. The first-order valence-electron chi connectivity index (χ1n) is 5.86. The summed E-state index contributed by atoms with van der Waals surface area (Å²) in [4.78, 5) is 12.3. The number of hydrazone groups is 1. The van der Waals surface area contributed by atoms with Gasteiger partial charge in [0.05, 0.1) is 11.1 Å². The first-order chi connectivity index (χ1) is 9.25. The molecule has 19 heavy (non-hydrogen) atoms. The Balaban J connectivity index is 1.92. The van der Waals surface area contributed by atoms with Gasteiger partial charge in [0.25, 0.3) is 5.91 Å². The molecule has 0 atom stereocenters. The topological polar surface area (TPSA) is 41.5 Å². The van der Waals surface area contributed by atoms with Crippen molar-refractivity contribution in [3.05, 3.63) is 63.9 Å². The molecule has 0 saturated heterocycles. The van der Waals surface area contributed by atoms with Crippen molar-refractivity contribution in [2.45, 2.75) is 6.92 Å². The van der Waals surface area contributed by atoms with Crippen LogP contribution in [0.5, 0.6) is 0 Å². The van der Waals surface area contributed by atoms with Crippen LogP contribution in [-0.4, -0.2) is 12.1 Å². The van der Waals surface area contributed by atoms with Gasteiger partial charge in [-0.3, -0.25) is 4.79 Å². The van der Waals surface area contributed by atoms with Crippen LogP contribution in [0.15, 0.2) is 58.5 Å². The predicted molar refractivity (Wildman–Crippen MR) is 80.4 cm³/mol. The van der Waals surface area contributed by atoms with Crippen molar-refractivity contribution in [1.82, 2.24) is 5.43 Å². The highest BCUT2D eigenvalue weighted by Crippen LogP contribution is 2.07. The van der Waals surface area contributed by atoms with Crippen molar-refractivity contribution in [2.24, 2.45) is 5.10 Å². The number of benzene rings is 1. The Bertz CT molecular complexity index is 586. The molecule has 0 fully saturated rings. The van der Waals surface area contributed by atoms with Gasteiger partial charge in [0, 0.05) is 0 Å².